The van der Waals surface area contributed by atoms with E-state index in [2.05, 4.69) is 15.1 Å². The van der Waals surface area contributed by atoms with Gasteiger partial charge in [-0.05, 0) is 13.3 Å². The van der Waals surface area contributed by atoms with Crippen LogP contribution in [-0.2, 0) is 13.5 Å². The zero-order chi connectivity index (χ0) is 10.3. The summed E-state index contributed by atoms with van der Waals surface area (Å²) in [5.41, 5.74) is 1.36. The van der Waals surface area contributed by atoms with Gasteiger partial charge in [-0.2, -0.15) is 5.10 Å². The molecule has 2 rings (SSSR count). The lowest BCUT2D eigenvalue weighted by atomic mass is 10.2. The largest absolute Gasteiger partial charge is 0.310 e. The van der Waals surface area contributed by atoms with Crippen molar-refractivity contribution in [2.75, 3.05) is 0 Å². The summed E-state index contributed by atoms with van der Waals surface area (Å²) in [5, 5.41) is 4.86. The van der Waals surface area contributed by atoms with E-state index in [4.69, 9.17) is 0 Å². The molecular weight excluding hydrogens is 180 g/mol. The van der Waals surface area contributed by atoms with Crippen molar-refractivity contribution in [2.45, 2.75) is 20.3 Å². The highest BCUT2D eigenvalue weighted by atomic mass is 16.1. The fourth-order valence-corrected chi connectivity index (χ4v) is 1.59. The van der Waals surface area contributed by atoms with Crippen LogP contribution in [0.5, 0.6) is 0 Å². The minimum absolute atomic E-state index is 0.0996. The van der Waals surface area contributed by atoms with Crippen LogP contribution in [0.3, 0.4) is 0 Å². The molecule has 5 heteroatoms. The van der Waals surface area contributed by atoms with Crippen molar-refractivity contribution in [1.29, 1.82) is 0 Å². The van der Waals surface area contributed by atoms with Gasteiger partial charge in [0.15, 0.2) is 5.65 Å². The molecular formula is C9H12N4O. The summed E-state index contributed by atoms with van der Waals surface area (Å²) in [6, 6.07) is 0. The standard InChI is InChI=1S/C9H12N4O/c1-4-6-7-8(13(3)12-6)10-5(2)11-9(7)14/h4H2,1-3H3,(H,10,11,14). The first-order chi connectivity index (χ1) is 6.63. The van der Waals surface area contributed by atoms with Crippen molar-refractivity contribution in [2.24, 2.45) is 7.05 Å². The van der Waals surface area contributed by atoms with Crippen LogP contribution in [0.25, 0.3) is 11.0 Å². The summed E-state index contributed by atoms with van der Waals surface area (Å²) in [4.78, 5) is 18.6. The van der Waals surface area contributed by atoms with E-state index >= 15 is 0 Å². The van der Waals surface area contributed by atoms with Crippen LogP contribution in [0.2, 0.25) is 0 Å². The predicted octanol–water partition coefficient (Wildman–Crippen LogP) is 0.527. The molecule has 14 heavy (non-hydrogen) atoms. The van der Waals surface area contributed by atoms with Crippen molar-refractivity contribution >= 4 is 11.0 Å². The first-order valence-electron chi connectivity index (χ1n) is 4.56. The number of hydrogen-bond acceptors (Lipinski definition) is 3. The topological polar surface area (TPSA) is 63.6 Å². The zero-order valence-electron chi connectivity index (χ0n) is 8.46. The molecule has 1 N–H and O–H groups in total. The fraction of sp³-hybridized carbons (Fsp3) is 0.444. The zero-order valence-corrected chi connectivity index (χ0v) is 8.46. The van der Waals surface area contributed by atoms with E-state index < -0.39 is 0 Å². The minimum atomic E-state index is -0.0996. The van der Waals surface area contributed by atoms with Gasteiger partial charge >= 0.3 is 0 Å². The molecule has 74 valence electrons. The highest BCUT2D eigenvalue weighted by molar-refractivity contribution is 5.77. The second-order valence-electron chi connectivity index (χ2n) is 3.27. The van der Waals surface area contributed by atoms with Crippen LogP contribution in [-0.4, -0.2) is 19.7 Å². The van der Waals surface area contributed by atoms with Crippen LogP contribution in [0, 0.1) is 6.92 Å². The first-order valence-corrected chi connectivity index (χ1v) is 4.56. The Morgan fingerprint density at radius 1 is 1.50 bits per heavy atom. The summed E-state index contributed by atoms with van der Waals surface area (Å²) in [5.74, 6) is 0.619. The van der Waals surface area contributed by atoms with Gasteiger partial charge in [-0.15, -0.1) is 0 Å². The molecule has 0 amide bonds. The van der Waals surface area contributed by atoms with Gasteiger partial charge in [0.25, 0.3) is 5.56 Å². The number of rotatable bonds is 1. The Hall–Kier alpha value is -1.65. The molecule has 0 fully saturated rings. The summed E-state index contributed by atoms with van der Waals surface area (Å²) >= 11 is 0. The Labute approximate surface area is 80.8 Å². The third-order valence-electron chi connectivity index (χ3n) is 2.22. The molecule has 0 aliphatic carbocycles. The molecule has 0 aliphatic rings. The van der Waals surface area contributed by atoms with E-state index in [1.54, 1.807) is 18.7 Å². The maximum absolute atomic E-state index is 11.6. The van der Waals surface area contributed by atoms with Gasteiger partial charge in [0.05, 0.1) is 5.69 Å². The number of nitrogens with one attached hydrogen (secondary N) is 1. The van der Waals surface area contributed by atoms with Crippen LogP contribution >= 0.6 is 0 Å². The van der Waals surface area contributed by atoms with Crippen LogP contribution in [0.15, 0.2) is 4.79 Å². The van der Waals surface area contributed by atoms with Crippen molar-refractivity contribution in [1.82, 2.24) is 19.7 Å². The van der Waals surface area contributed by atoms with Crippen molar-refractivity contribution < 1.29 is 0 Å². The van der Waals surface area contributed by atoms with Gasteiger partial charge in [0, 0.05) is 7.05 Å². The maximum atomic E-state index is 11.6. The lowest BCUT2D eigenvalue weighted by Gasteiger charge is -1.94. The third-order valence-corrected chi connectivity index (χ3v) is 2.22. The van der Waals surface area contributed by atoms with E-state index in [9.17, 15) is 4.79 Å². The Morgan fingerprint density at radius 2 is 2.21 bits per heavy atom. The lowest BCUT2D eigenvalue weighted by Crippen LogP contribution is -2.10. The van der Waals surface area contributed by atoms with Crippen molar-refractivity contribution in [3.8, 4) is 0 Å². The second-order valence-corrected chi connectivity index (χ2v) is 3.27. The number of aryl methyl sites for hydroxylation is 3. The normalized spacial score (nSPS) is 11.1. The molecule has 0 aliphatic heterocycles. The molecule has 0 spiro atoms. The molecule has 2 aromatic rings. The molecule has 0 atom stereocenters. The second kappa shape index (κ2) is 2.94. The van der Waals surface area contributed by atoms with E-state index in [-0.39, 0.29) is 5.56 Å². The molecule has 0 radical (unpaired) electrons. The number of aromatic nitrogens is 4. The van der Waals surface area contributed by atoms with Gasteiger partial charge < -0.3 is 4.98 Å². The van der Waals surface area contributed by atoms with Gasteiger partial charge in [-0.25, -0.2) is 9.67 Å². The lowest BCUT2D eigenvalue weighted by molar-refractivity contribution is 0.759. The Balaban J connectivity index is 2.97. The molecule has 0 aromatic carbocycles. The number of aromatic amines is 1. The van der Waals surface area contributed by atoms with Crippen molar-refractivity contribution in [3.63, 3.8) is 0 Å². The fourth-order valence-electron chi connectivity index (χ4n) is 1.59. The summed E-state index contributed by atoms with van der Waals surface area (Å²) < 4.78 is 1.65. The molecule has 5 nitrogen and oxygen atoms in total. The van der Waals surface area contributed by atoms with Crippen LogP contribution in [0.1, 0.15) is 18.4 Å². The smallest absolute Gasteiger partial charge is 0.262 e. The van der Waals surface area contributed by atoms with Gasteiger partial charge in [0.2, 0.25) is 0 Å². The number of nitrogens with zero attached hydrogens (tertiary/aromatic N) is 3. The number of hydrogen-bond donors (Lipinski definition) is 1. The third kappa shape index (κ3) is 1.13. The Morgan fingerprint density at radius 3 is 2.86 bits per heavy atom. The predicted molar refractivity (Wildman–Crippen MR) is 53.2 cm³/mol. The minimum Gasteiger partial charge on any atom is -0.310 e. The van der Waals surface area contributed by atoms with Gasteiger partial charge in [-0.3, -0.25) is 4.79 Å². The Bertz CT molecular complexity index is 537. The molecule has 0 bridgehead atoms. The van der Waals surface area contributed by atoms with Gasteiger partial charge in [0.1, 0.15) is 11.2 Å². The van der Waals surface area contributed by atoms with Crippen LogP contribution in [0.4, 0.5) is 0 Å². The quantitative estimate of drug-likeness (QED) is 0.716. The van der Waals surface area contributed by atoms with E-state index in [0.717, 1.165) is 12.1 Å². The van der Waals surface area contributed by atoms with E-state index in [0.29, 0.717) is 16.9 Å². The van der Waals surface area contributed by atoms with Gasteiger partial charge in [-0.1, -0.05) is 6.92 Å². The average molecular weight is 192 g/mol. The Kier molecular flexibility index (Phi) is 1.87. The van der Waals surface area contributed by atoms with Crippen LogP contribution < -0.4 is 5.56 Å². The van der Waals surface area contributed by atoms with E-state index in [1.807, 2.05) is 6.92 Å². The number of H-pyrrole nitrogens is 1. The summed E-state index contributed by atoms with van der Waals surface area (Å²) in [6.45, 7) is 3.74. The molecule has 0 saturated heterocycles. The molecule has 0 unspecified atom stereocenters. The first kappa shape index (κ1) is 8.93. The summed E-state index contributed by atoms with van der Waals surface area (Å²) in [6.07, 6.45) is 0.741. The average Bonchev–Trinajstić information content (AvgIpc) is 2.43. The summed E-state index contributed by atoms with van der Waals surface area (Å²) in [7, 11) is 1.80. The highest BCUT2D eigenvalue weighted by Crippen LogP contribution is 2.11. The van der Waals surface area contributed by atoms with Crippen molar-refractivity contribution in [3.05, 3.63) is 21.9 Å². The highest BCUT2D eigenvalue weighted by Gasteiger charge is 2.11. The molecule has 2 heterocycles. The monoisotopic (exact) mass is 192 g/mol. The molecule has 0 saturated carbocycles. The molecule has 2 aromatic heterocycles. The SMILES string of the molecule is CCc1nn(C)c2nc(C)[nH]c(=O)c12. The van der Waals surface area contributed by atoms with E-state index in [1.165, 1.54) is 0 Å². The maximum Gasteiger partial charge on any atom is 0.262 e. The number of fused-ring (bicyclic) bond motifs is 1.